The van der Waals surface area contributed by atoms with Gasteiger partial charge >= 0.3 is 11.8 Å². The smallest absolute Gasteiger partial charge is 0.313 e. The van der Waals surface area contributed by atoms with Crippen LogP contribution in [-0.4, -0.2) is 50.4 Å². The Labute approximate surface area is 165 Å². The molecule has 2 rings (SSSR count). The molecule has 2 amide bonds. The first-order chi connectivity index (χ1) is 13.3. The van der Waals surface area contributed by atoms with E-state index in [4.69, 9.17) is 0 Å². The number of aliphatic hydroxyl groups is 1. The molecule has 7 nitrogen and oxygen atoms in total. The van der Waals surface area contributed by atoms with E-state index in [1.165, 1.54) is 0 Å². The molecule has 0 radical (unpaired) electrons. The second kappa shape index (κ2) is 9.66. The molecule has 0 aliphatic carbocycles. The van der Waals surface area contributed by atoms with Gasteiger partial charge in [-0.2, -0.15) is 0 Å². The Kier molecular flexibility index (Phi) is 7.28. The summed E-state index contributed by atoms with van der Waals surface area (Å²) in [7, 11) is 3.75. The Balaban J connectivity index is 2.01. The van der Waals surface area contributed by atoms with Gasteiger partial charge in [-0.1, -0.05) is 29.8 Å². The summed E-state index contributed by atoms with van der Waals surface area (Å²) in [4.78, 5) is 30.3. The van der Waals surface area contributed by atoms with Gasteiger partial charge in [-0.25, -0.2) is 0 Å². The maximum Gasteiger partial charge on any atom is 0.313 e. The van der Waals surface area contributed by atoms with Crippen molar-refractivity contribution >= 4 is 35.6 Å². The van der Waals surface area contributed by atoms with Gasteiger partial charge in [0.2, 0.25) is 0 Å². The highest BCUT2D eigenvalue weighted by Crippen LogP contribution is 2.29. The number of hydrogen-bond donors (Lipinski definition) is 3. The van der Waals surface area contributed by atoms with Crippen LogP contribution in [0.25, 0.3) is 0 Å². The molecule has 1 unspecified atom stereocenters. The van der Waals surface area contributed by atoms with E-state index in [9.17, 15) is 14.7 Å². The zero-order valence-electron chi connectivity index (χ0n) is 16.4. The highest BCUT2D eigenvalue weighted by atomic mass is 16.3. The molecule has 2 aromatic carbocycles. The third-order valence-corrected chi connectivity index (χ3v) is 4.21. The summed E-state index contributed by atoms with van der Waals surface area (Å²) in [6, 6.07) is 12.3. The molecular weight excluding hydrogens is 356 g/mol. The van der Waals surface area contributed by atoms with E-state index in [0.29, 0.717) is 17.8 Å². The number of hydrogen-bond acceptors (Lipinski definition) is 5. The fourth-order valence-corrected chi connectivity index (χ4v) is 2.83. The van der Waals surface area contributed by atoms with Crippen molar-refractivity contribution in [3.05, 3.63) is 53.6 Å². The summed E-state index contributed by atoms with van der Waals surface area (Å²) in [6.45, 7) is 5.23. The van der Waals surface area contributed by atoms with Gasteiger partial charge in [0.15, 0.2) is 0 Å². The number of rotatable bonds is 7. The van der Waals surface area contributed by atoms with Crippen molar-refractivity contribution < 1.29 is 14.7 Å². The van der Waals surface area contributed by atoms with E-state index >= 15 is 0 Å². The van der Waals surface area contributed by atoms with Crippen LogP contribution in [0.2, 0.25) is 0 Å². The van der Waals surface area contributed by atoms with Crippen LogP contribution in [0.1, 0.15) is 11.1 Å². The Morgan fingerprint density at radius 3 is 2.54 bits per heavy atom. The molecule has 0 fully saturated rings. The second-order valence-electron chi connectivity index (χ2n) is 6.76. The van der Waals surface area contributed by atoms with E-state index in [-0.39, 0.29) is 6.61 Å². The zero-order chi connectivity index (χ0) is 20.7. The lowest BCUT2D eigenvalue weighted by Crippen LogP contribution is -2.44. The third kappa shape index (κ3) is 5.65. The molecule has 3 N–H and O–H groups in total. The van der Waals surface area contributed by atoms with Crippen molar-refractivity contribution in [2.24, 2.45) is 4.99 Å². The minimum absolute atomic E-state index is 0.269. The van der Waals surface area contributed by atoms with E-state index in [2.05, 4.69) is 22.3 Å². The maximum absolute atomic E-state index is 12.2. The predicted octanol–water partition coefficient (Wildman–Crippen LogP) is 2.05. The Morgan fingerprint density at radius 2 is 1.93 bits per heavy atom. The van der Waals surface area contributed by atoms with Gasteiger partial charge in [-0.3, -0.25) is 14.6 Å². The largest absolute Gasteiger partial charge is 0.394 e. The molecule has 7 heteroatoms. The molecule has 0 saturated heterocycles. The van der Waals surface area contributed by atoms with Crippen molar-refractivity contribution in [3.63, 3.8) is 0 Å². The average molecular weight is 382 g/mol. The van der Waals surface area contributed by atoms with E-state index in [0.717, 1.165) is 16.8 Å². The molecule has 28 heavy (non-hydrogen) atoms. The van der Waals surface area contributed by atoms with Gasteiger partial charge in [0.1, 0.15) is 0 Å². The number of aryl methyl sites for hydroxylation is 1. The van der Waals surface area contributed by atoms with Crippen molar-refractivity contribution in [1.29, 1.82) is 0 Å². The van der Waals surface area contributed by atoms with Gasteiger partial charge in [0.25, 0.3) is 0 Å². The van der Waals surface area contributed by atoms with Crippen molar-refractivity contribution in [2.75, 3.05) is 30.9 Å². The fourth-order valence-electron chi connectivity index (χ4n) is 2.83. The van der Waals surface area contributed by atoms with Gasteiger partial charge in [0, 0.05) is 19.8 Å². The van der Waals surface area contributed by atoms with Crippen LogP contribution in [0.5, 0.6) is 0 Å². The van der Waals surface area contributed by atoms with Crippen LogP contribution in [0.15, 0.2) is 47.5 Å². The number of aliphatic imine (C=N–C) groups is 1. The highest BCUT2D eigenvalue weighted by Gasteiger charge is 2.19. The number of anilines is 2. The Morgan fingerprint density at radius 1 is 1.18 bits per heavy atom. The monoisotopic (exact) mass is 382 g/mol. The zero-order valence-corrected chi connectivity index (χ0v) is 16.4. The topological polar surface area (TPSA) is 94.0 Å². The van der Waals surface area contributed by atoms with E-state index < -0.39 is 17.9 Å². The number of nitrogens with one attached hydrogen (secondary N) is 2. The highest BCUT2D eigenvalue weighted by molar-refractivity contribution is 6.39. The summed E-state index contributed by atoms with van der Waals surface area (Å²) < 4.78 is 0. The first kappa shape index (κ1) is 21.1. The molecule has 0 aliphatic rings. The first-order valence-electron chi connectivity index (χ1n) is 8.90. The summed E-state index contributed by atoms with van der Waals surface area (Å²) in [5.41, 5.74) is 3.94. The molecular formula is C21H26N4O3. The molecule has 0 saturated carbocycles. The van der Waals surface area contributed by atoms with E-state index in [1.54, 1.807) is 18.2 Å². The lowest BCUT2D eigenvalue weighted by atomic mass is 10.0. The van der Waals surface area contributed by atoms with Gasteiger partial charge < -0.3 is 20.6 Å². The molecule has 0 heterocycles. The van der Waals surface area contributed by atoms with Gasteiger partial charge in [0.05, 0.1) is 24.0 Å². The molecule has 148 valence electrons. The minimum Gasteiger partial charge on any atom is -0.394 e. The van der Waals surface area contributed by atoms with Crippen molar-refractivity contribution in [2.45, 2.75) is 19.4 Å². The molecule has 1 atom stereocenters. The molecule has 0 aliphatic heterocycles. The van der Waals surface area contributed by atoms with Crippen LogP contribution in [-0.2, 0) is 16.0 Å². The normalized spacial score (nSPS) is 11.4. The van der Waals surface area contributed by atoms with Crippen LogP contribution >= 0.6 is 0 Å². The fraction of sp³-hybridized carbons (Fsp3) is 0.286. The van der Waals surface area contributed by atoms with Crippen LogP contribution in [0, 0.1) is 6.92 Å². The average Bonchev–Trinajstić information content (AvgIpc) is 2.66. The Bertz CT molecular complexity index is 864. The molecule has 0 spiro atoms. The first-order valence-corrected chi connectivity index (χ1v) is 8.90. The lowest BCUT2D eigenvalue weighted by Gasteiger charge is -2.17. The second-order valence-corrected chi connectivity index (χ2v) is 6.76. The predicted molar refractivity (Wildman–Crippen MR) is 113 cm³/mol. The number of amides is 2. The van der Waals surface area contributed by atoms with E-state index in [1.807, 2.05) is 50.2 Å². The van der Waals surface area contributed by atoms with Crippen molar-refractivity contribution in [1.82, 2.24) is 5.32 Å². The molecule has 0 bridgehead atoms. The van der Waals surface area contributed by atoms with Crippen molar-refractivity contribution in [3.8, 4) is 0 Å². The summed E-state index contributed by atoms with van der Waals surface area (Å²) in [5.74, 6) is -1.62. The summed E-state index contributed by atoms with van der Waals surface area (Å²) >= 11 is 0. The van der Waals surface area contributed by atoms with Crippen LogP contribution in [0.4, 0.5) is 17.1 Å². The maximum atomic E-state index is 12.2. The molecule has 0 aromatic heterocycles. The lowest BCUT2D eigenvalue weighted by molar-refractivity contribution is -0.136. The van der Waals surface area contributed by atoms with Gasteiger partial charge in [-0.15, -0.1) is 0 Å². The summed E-state index contributed by atoms with van der Waals surface area (Å²) in [5, 5.41) is 14.7. The Hall–Kier alpha value is -3.19. The quantitative estimate of drug-likeness (QED) is 0.505. The number of carbonyl (C=O) groups excluding carboxylic acids is 2. The number of benzene rings is 2. The standard InChI is InChI=1S/C21H26N4O3/c1-14-6-5-7-15(10-14)11-17(13-26)24-21(28)20(27)23-16-8-9-19(25(3)4)18(12-16)22-2/h5-10,12,17,26H,2,11,13H2,1,3-4H3,(H,23,27)(H,24,28). The van der Waals surface area contributed by atoms with Gasteiger partial charge in [-0.05, 0) is 43.8 Å². The van der Waals surface area contributed by atoms with Crippen LogP contribution < -0.4 is 15.5 Å². The third-order valence-electron chi connectivity index (χ3n) is 4.21. The van der Waals surface area contributed by atoms with Crippen LogP contribution in [0.3, 0.4) is 0 Å². The minimum atomic E-state index is -0.810. The number of nitrogens with zero attached hydrogens (tertiary/aromatic N) is 2. The number of carbonyl (C=O) groups is 2. The SMILES string of the molecule is C=Nc1cc(NC(=O)C(=O)NC(CO)Cc2cccc(C)c2)ccc1N(C)C. The summed E-state index contributed by atoms with van der Waals surface area (Å²) in [6.07, 6.45) is 0.430. The number of aliphatic hydroxyl groups excluding tert-OH is 1. The molecule has 2 aromatic rings.